The van der Waals surface area contributed by atoms with Gasteiger partial charge in [-0.3, -0.25) is 39.1 Å². The van der Waals surface area contributed by atoms with Crippen LogP contribution in [-0.4, -0.2) is 135 Å². The molecule has 7 aromatic heterocycles. The molecule has 1 saturated heterocycles. The number of esters is 1. The number of aryl methyl sites for hydroxylation is 5. The number of rotatable bonds is 21. The van der Waals surface area contributed by atoms with Gasteiger partial charge in [0, 0.05) is 97.7 Å². The van der Waals surface area contributed by atoms with Crippen molar-refractivity contribution in [2.75, 3.05) is 53.6 Å². The standard InChI is InChI=1S/C20H27N3O4.C17H19N3O3.C16H19N3O.C16H18N2O3.C13H14N2O3/c24-20(19-17-6-1-2-7-18(17)27-21-19)23(15-16-5-3-12-26-16)9-4-8-22-10-13-25-14-11-22;1-23-17(22)12-7-3-2-6-11(12)10-18-16(21)15-13-8-4-5-9-14(13)19-20-15;1-11(12-7-3-2-4-8-12)17-16(20)15-13-9-5-6-10-14(13)18-19-15;1-20-12-8-6-11(7-9-12)10-17-16(19)15-13-4-2-3-5-14(13)21-18-15;16-13(14-8-9-4-3-7-17-9)12-10-5-1-2-6-11(10)18-15-12/h3,5,12H,1-2,4,6-11,13-15H2;2-3,6-7H,4-5,8-10H2,1H3,(H,18,21)(H,19,20);2-4,7-8,11H,5-6,9-10H2,1H3,(H,17,20)(H,18,19);6-9H,2-5,10H2,1H3,(H,17,19);3-4,7H,1-2,5-6,8H2,(H,14,16)/t;;11-;;/m..0../s1. The van der Waals surface area contributed by atoms with Gasteiger partial charge in [0.25, 0.3) is 29.5 Å². The van der Waals surface area contributed by atoms with Crippen molar-refractivity contribution in [3.05, 3.63) is 234 Å². The van der Waals surface area contributed by atoms with Gasteiger partial charge in [-0.1, -0.05) is 76.1 Å². The number of H-pyrrole nitrogens is 2. The van der Waals surface area contributed by atoms with E-state index in [2.05, 4.69) is 62.0 Å². The van der Waals surface area contributed by atoms with Crippen molar-refractivity contribution in [1.29, 1.82) is 0 Å². The molecule has 16 rings (SSSR count). The van der Waals surface area contributed by atoms with Crippen molar-refractivity contribution in [3.8, 4) is 5.75 Å². The number of nitrogens with zero attached hydrogens (tertiary/aromatic N) is 7. The summed E-state index contributed by atoms with van der Waals surface area (Å²) < 4.78 is 41.8. The SMILES string of the molecule is COC(=O)c1ccccc1CNC(=O)c1n[nH]c2c1CCCC2.COc1ccc(CNC(=O)c2noc3c2CCCC3)cc1.C[C@H](NC(=O)c1n[nH]c2c1CCCC2)c1ccccc1.O=C(NCc1ccco1)c1noc2c1CCCC2.O=C(c1noc2c1CCCC2)N(CCCN1CCOCC1)Cc1ccco1. The Labute approximate surface area is 632 Å². The van der Waals surface area contributed by atoms with E-state index in [1.54, 1.807) is 43.9 Å². The Morgan fingerprint density at radius 2 is 1.01 bits per heavy atom. The molecule has 1 fully saturated rings. The molecule has 5 aliphatic carbocycles. The number of ether oxygens (including phenoxy) is 3. The van der Waals surface area contributed by atoms with Crippen LogP contribution in [0.3, 0.4) is 0 Å². The lowest BCUT2D eigenvalue weighted by atomic mass is 9.95. The molecule has 3 aromatic carbocycles. The molecule has 1 atom stereocenters. The molecule has 574 valence electrons. The first-order valence-corrected chi connectivity index (χ1v) is 38.1. The fourth-order valence-electron chi connectivity index (χ4n) is 14.3. The van der Waals surface area contributed by atoms with Crippen LogP contribution < -0.4 is 26.0 Å². The molecule has 0 spiro atoms. The smallest absolute Gasteiger partial charge is 0.338 e. The first kappa shape index (κ1) is 77.4. The van der Waals surface area contributed by atoms with Gasteiger partial charge < -0.3 is 62.8 Å². The van der Waals surface area contributed by atoms with Crippen LogP contribution >= 0.6 is 0 Å². The minimum Gasteiger partial charge on any atom is -0.497 e. The van der Waals surface area contributed by atoms with Crippen LogP contribution in [0.15, 0.2) is 138 Å². The van der Waals surface area contributed by atoms with E-state index in [1.165, 1.54) is 13.5 Å². The molecule has 27 nitrogen and oxygen atoms in total. The topological polar surface area (TPSA) is 346 Å². The van der Waals surface area contributed by atoms with Crippen LogP contribution in [0, 0.1) is 0 Å². The molecule has 27 heteroatoms. The Morgan fingerprint density at radius 1 is 0.514 bits per heavy atom. The maximum Gasteiger partial charge on any atom is 0.338 e. The number of furan rings is 2. The maximum atomic E-state index is 13.2. The largest absolute Gasteiger partial charge is 0.497 e. The zero-order valence-corrected chi connectivity index (χ0v) is 62.3. The summed E-state index contributed by atoms with van der Waals surface area (Å²) in [4.78, 5) is 78.2. The Morgan fingerprint density at radius 3 is 1.58 bits per heavy atom. The molecule has 8 heterocycles. The number of aromatic amines is 2. The predicted molar refractivity (Wildman–Crippen MR) is 401 cm³/mol. The van der Waals surface area contributed by atoms with Crippen molar-refractivity contribution in [2.24, 2.45) is 0 Å². The highest BCUT2D eigenvalue weighted by Crippen LogP contribution is 2.30. The summed E-state index contributed by atoms with van der Waals surface area (Å²) in [6.07, 6.45) is 24.3. The number of hydrogen-bond donors (Lipinski definition) is 6. The van der Waals surface area contributed by atoms with Gasteiger partial charge in [0.05, 0.1) is 64.7 Å². The van der Waals surface area contributed by atoms with Crippen LogP contribution in [0.1, 0.15) is 231 Å². The van der Waals surface area contributed by atoms with Crippen molar-refractivity contribution in [2.45, 2.75) is 174 Å². The molecule has 109 heavy (non-hydrogen) atoms. The summed E-state index contributed by atoms with van der Waals surface area (Å²) >= 11 is 0. The van der Waals surface area contributed by atoms with E-state index >= 15 is 0 Å². The van der Waals surface area contributed by atoms with Crippen LogP contribution in [0.25, 0.3) is 0 Å². The molecule has 0 unspecified atom stereocenters. The summed E-state index contributed by atoms with van der Waals surface area (Å²) in [5.41, 5.74) is 13.0. The van der Waals surface area contributed by atoms with Crippen molar-refractivity contribution >= 4 is 35.5 Å². The van der Waals surface area contributed by atoms with Gasteiger partial charge in [-0.2, -0.15) is 10.2 Å². The van der Waals surface area contributed by atoms with Gasteiger partial charge >= 0.3 is 5.97 Å². The predicted octanol–water partition coefficient (Wildman–Crippen LogP) is 11.9. The van der Waals surface area contributed by atoms with Gasteiger partial charge in [0.2, 0.25) is 0 Å². The maximum absolute atomic E-state index is 13.2. The quantitative estimate of drug-likeness (QED) is 0.0364. The molecule has 0 saturated carbocycles. The number of carbonyl (C=O) groups is 6. The normalized spacial score (nSPS) is 15.0. The molecule has 1 aliphatic heterocycles. The van der Waals surface area contributed by atoms with Gasteiger partial charge in [0.15, 0.2) is 28.5 Å². The molecule has 6 aliphatic rings. The number of aromatic nitrogens is 7. The first-order chi connectivity index (χ1) is 53.4. The molecular weight excluding hydrogens is 1390 g/mol. The summed E-state index contributed by atoms with van der Waals surface area (Å²) in [6.45, 7) is 8.67. The van der Waals surface area contributed by atoms with Crippen molar-refractivity contribution in [1.82, 2.24) is 66.9 Å². The number of hydrogen-bond acceptors (Lipinski definition) is 20. The fourth-order valence-corrected chi connectivity index (χ4v) is 14.3. The van der Waals surface area contributed by atoms with Crippen LogP contribution in [0.2, 0.25) is 0 Å². The van der Waals surface area contributed by atoms with E-state index in [0.717, 1.165) is 252 Å². The fraction of sp³-hybridized carbons (Fsp3) is 0.427. The average molecular weight is 1490 g/mol. The molecule has 0 radical (unpaired) electrons. The number of amides is 5. The number of carbonyl (C=O) groups excluding carboxylic acids is 6. The van der Waals surface area contributed by atoms with Crippen molar-refractivity contribution < 1.29 is 65.4 Å². The Balaban J connectivity index is 0.000000128. The number of nitrogens with one attached hydrogen (secondary N) is 6. The molecule has 10 aromatic rings. The second kappa shape index (κ2) is 39.1. The first-order valence-electron chi connectivity index (χ1n) is 38.1. The minimum atomic E-state index is -0.410. The number of methoxy groups -OCH3 is 2. The highest BCUT2D eigenvalue weighted by atomic mass is 16.5. The van der Waals surface area contributed by atoms with E-state index in [9.17, 15) is 28.8 Å². The molecule has 5 amide bonds. The number of benzene rings is 3. The third-order valence-corrected chi connectivity index (χ3v) is 20.4. The van der Waals surface area contributed by atoms with Crippen LogP contribution in [0.5, 0.6) is 5.75 Å². The summed E-state index contributed by atoms with van der Waals surface area (Å²) in [5, 5.41) is 37.8. The second-order valence-corrected chi connectivity index (χ2v) is 27.7. The summed E-state index contributed by atoms with van der Waals surface area (Å²) in [7, 11) is 2.97. The van der Waals surface area contributed by atoms with Crippen molar-refractivity contribution in [3.63, 3.8) is 0 Å². The average Bonchev–Trinajstić information content (AvgIpc) is 1.71. The zero-order valence-electron chi connectivity index (χ0n) is 62.3. The lowest BCUT2D eigenvalue weighted by Crippen LogP contribution is -2.39. The van der Waals surface area contributed by atoms with E-state index in [0.29, 0.717) is 60.2 Å². The number of fused-ring (bicyclic) bond motifs is 5. The minimum absolute atomic E-state index is 0.0142. The monoisotopic (exact) mass is 1490 g/mol. The molecule has 6 N–H and O–H groups in total. The Kier molecular flexibility index (Phi) is 27.8. The lowest BCUT2D eigenvalue weighted by molar-refractivity contribution is 0.0354. The summed E-state index contributed by atoms with van der Waals surface area (Å²) in [6, 6.07) is 32.0. The van der Waals surface area contributed by atoms with Gasteiger partial charge in [-0.15, -0.1) is 0 Å². The van der Waals surface area contributed by atoms with E-state index in [1.807, 2.05) is 90.7 Å². The third-order valence-electron chi connectivity index (χ3n) is 20.4. The third kappa shape index (κ3) is 20.7. The molecule has 0 bridgehead atoms. The highest BCUT2D eigenvalue weighted by Gasteiger charge is 2.31. The van der Waals surface area contributed by atoms with E-state index in [-0.39, 0.29) is 42.1 Å². The second-order valence-electron chi connectivity index (χ2n) is 27.7. The zero-order chi connectivity index (χ0) is 75.7. The lowest BCUT2D eigenvalue weighted by Gasteiger charge is -2.28. The van der Waals surface area contributed by atoms with Gasteiger partial charge in [-0.05, 0) is 182 Å². The molecular formula is C82H97N13O14. The van der Waals surface area contributed by atoms with Gasteiger partial charge in [-0.25, -0.2) is 4.79 Å². The van der Waals surface area contributed by atoms with Gasteiger partial charge in [0.1, 0.15) is 34.6 Å². The Bertz CT molecular complexity index is 4580. The number of morpholine rings is 1. The Hall–Kier alpha value is -11.2. The summed E-state index contributed by atoms with van der Waals surface area (Å²) in [5.74, 6) is 3.80. The van der Waals surface area contributed by atoms with E-state index < -0.39 is 5.97 Å². The van der Waals surface area contributed by atoms with Crippen LogP contribution in [-0.2, 0) is 99.9 Å². The highest BCUT2D eigenvalue weighted by molar-refractivity contribution is 5.97. The van der Waals surface area contributed by atoms with Crippen LogP contribution in [0.4, 0.5) is 0 Å². The van der Waals surface area contributed by atoms with E-state index in [4.69, 9.17) is 36.6 Å².